The third kappa shape index (κ3) is 3.02. The Bertz CT molecular complexity index is 763. The van der Waals surface area contributed by atoms with E-state index in [1.54, 1.807) is 19.1 Å². The summed E-state index contributed by atoms with van der Waals surface area (Å²) in [7, 11) is -3.96. The largest absolute Gasteiger partial charge is 0.398 e. The van der Waals surface area contributed by atoms with Crippen LogP contribution in [0.1, 0.15) is 5.56 Å². The highest BCUT2D eigenvalue weighted by Crippen LogP contribution is 2.25. The van der Waals surface area contributed by atoms with E-state index in [0.717, 1.165) is 12.1 Å². The number of nitrogens with one attached hydrogen (secondary N) is 1. The van der Waals surface area contributed by atoms with Crippen LogP contribution < -0.4 is 10.5 Å². The van der Waals surface area contributed by atoms with Crippen LogP contribution in [-0.4, -0.2) is 8.42 Å². The number of hydrogen-bond donors (Lipinski definition) is 2. The number of hydrogen-bond acceptors (Lipinski definition) is 3. The Labute approximate surface area is 121 Å². The number of anilines is 2. The Morgan fingerprint density at radius 1 is 1.20 bits per heavy atom. The minimum Gasteiger partial charge on any atom is -0.398 e. The van der Waals surface area contributed by atoms with Gasteiger partial charge in [0.25, 0.3) is 10.0 Å². The molecule has 2 rings (SSSR count). The fourth-order valence-corrected chi connectivity index (χ4v) is 3.18. The first-order chi connectivity index (χ1) is 9.29. The molecule has 0 unspecified atom stereocenters. The van der Waals surface area contributed by atoms with Gasteiger partial charge in [0.05, 0.1) is 11.4 Å². The van der Waals surface area contributed by atoms with Crippen molar-refractivity contribution in [1.82, 2.24) is 0 Å². The first kappa shape index (κ1) is 14.6. The Kier molecular flexibility index (Phi) is 3.87. The Balaban J connectivity index is 2.43. The molecule has 0 aliphatic carbocycles. The van der Waals surface area contributed by atoms with E-state index in [9.17, 15) is 12.8 Å². The molecule has 7 heteroatoms. The number of halogens is 2. The van der Waals surface area contributed by atoms with Gasteiger partial charge in [-0.05, 0) is 48.9 Å². The van der Waals surface area contributed by atoms with E-state index in [4.69, 9.17) is 17.3 Å². The van der Waals surface area contributed by atoms with Gasteiger partial charge in [-0.15, -0.1) is 0 Å². The van der Waals surface area contributed by atoms with Crippen molar-refractivity contribution >= 4 is 33.0 Å². The van der Waals surface area contributed by atoms with Gasteiger partial charge >= 0.3 is 0 Å². The monoisotopic (exact) mass is 314 g/mol. The molecule has 3 N–H and O–H groups in total. The van der Waals surface area contributed by atoms with Crippen molar-refractivity contribution in [3.63, 3.8) is 0 Å². The number of aryl methyl sites for hydroxylation is 1. The van der Waals surface area contributed by atoms with E-state index in [0.29, 0.717) is 16.3 Å². The topological polar surface area (TPSA) is 72.2 Å². The van der Waals surface area contributed by atoms with Crippen LogP contribution >= 0.6 is 11.6 Å². The van der Waals surface area contributed by atoms with Gasteiger partial charge in [0, 0.05) is 5.02 Å². The van der Waals surface area contributed by atoms with E-state index < -0.39 is 15.8 Å². The lowest BCUT2D eigenvalue weighted by molar-refractivity contribution is 0.596. The normalized spacial score (nSPS) is 11.3. The average molecular weight is 315 g/mol. The molecule has 0 heterocycles. The van der Waals surface area contributed by atoms with E-state index in [-0.39, 0.29) is 10.6 Å². The zero-order chi connectivity index (χ0) is 14.9. The smallest absolute Gasteiger partial charge is 0.264 e. The standard InChI is InChI=1S/C13H12ClFN2O2S/c1-8-6-9(14)2-5-12(8)17-20(18,19)13-7-10(15)3-4-11(13)16/h2-7,17H,16H2,1H3. The summed E-state index contributed by atoms with van der Waals surface area (Å²) in [5.74, 6) is -0.674. The summed E-state index contributed by atoms with van der Waals surface area (Å²) >= 11 is 5.80. The first-order valence-electron chi connectivity index (χ1n) is 5.63. The second-order valence-electron chi connectivity index (χ2n) is 4.25. The van der Waals surface area contributed by atoms with Gasteiger partial charge in [-0.3, -0.25) is 4.72 Å². The molecular formula is C13H12ClFN2O2S. The van der Waals surface area contributed by atoms with E-state index >= 15 is 0 Å². The highest BCUT2D eigenvalue weighted by Gasteiger charge is 2.19. The van der Waals surface area contributed by atoms with Gasteiger partial charge in [-0.1, -0.05) is 11.6 Å². The van der Waals surface area contributed by atoms with Crippen LogP contribution in [0.5, 0.6) is 0 Å². The zero-order valence-electron chi connectivity index (χ0n) is 10.5. The lowest BCUT2D eigenvalue weighted by atomic mass is 10.2. The molecule has 0 spiro atoms. The van der Waals surface area contributed by atoms with Crippen molar-refractivity contribution in [2.75, 3.05) is 10.5 Å². The van der Waals surface area contributed by atoms with Crippen LogP contribution in [0.2, 0.25) is 5.02 Å². The Morgan fingerprint density at radius 2 is 1.90 bits per heavy atom. The summed E-state index contributed by atoms with van der Waals surface area (Å²) in [5, 5.41) is 0.496. The van der Waals surface area contributed by atoms with Crippen LogP contribution in [0, 0.1) is 12.7 Å². The lowest BCUT2D eigenvalue weighted by Crippen LogP contribution is -2.15. The second kappa shape index (κ2) is 5.30. The van der Waals surface area contributed by atoms with Crippen LogP contribution in [0.15, 0.2) is 41.3 Å². The molecular weight excluding hydrogens is 303 g/mol. The van der Waals surface area contributed by atoms with Crippen LogP contribution in [0.3, 0.4) is 0 Å². The molecule has 0 aliphatic rings. The molecule has 0 aliphatic heterocycles. The predicted octanol–water partition coefficient (Wildman–Crippen LogP) is 3.17. The SMILES string of the molecule is Cc1cc(Cl)ccc1NS(=O)(=O)c1cc(F)ccc1N. The van der Waals surface area contributed by atoms with Gasteiger partial charge in [0.15, 0.2) is 0 Å². The molecule has 0 amide bonds. The van der Waals surface area contributed by atoms with Crippen LogP contribution in [-0.2, 0) is 10.0 Å². The van der Waals surface area contributed by atoms with Crippen LogP contribution in [0.4, 0.5) is 15.8 Å². The van der Waals surface area contributed by atoms with Gasteiger partial charge in [0.2, 0.25) is 0 Å². The van der Waals surface area contributed by atoms with Crippen molar-refractivity contribution in [3.8, 4) is 0 Å². The molecule has 2 aromatic carbocycles. The van der Waals surface area contributed by atoms with E-state index in [2.05, 4.69) is 4.72 Å². The Morgan fingerprint density at radius 3 is 2.55 bits per heavy atom. The first-order valence-corrected chi connectivity index (χ1v) is 7.50. The fourth-order valence-electron chi connectivity index (χ4n) is 1.68. The second-order valence-corrected chi connectivity index (χ2v) is 6.33. The van der Waals surface area contributed by atoms with Crippen molar-refractivity contribution in [1.29, 1.82) is 0 Å². The molecule has 0 radical (unpaired) electrons. The molecule has 0 atom stereocenters. The summed E-state index contributed by atoms with van der Waals surface area (Å²) < 4.78 is 40.0. The Hall–Kier alpha value is -1.79. The van der Waals surface area contributed by atoms with Gasteiger partial charge in [-0.2, -0.15) is 0 Å². The summed E-state index contributed by atoms with van der Waals surface area (Å²) in [6.45, 7) is 1.71. The van der Waals surface area contributed by atoms with E-state index in [1.807, 2.05) is 0 Å². The maximum atomic E-state index is 13.2. The van der Waals surface area contributed by atoms with Gasteiger partial charge in [-0.25, -0.2) is 12.8 Å². The lowest BCUT2D eigenvalue weighted by Gasteiger charge is -2.12. The number of rotatable bonds is 3. The molecule has 0 fully saturated rings. The molecule has 0 saturated heterocycles. The maximum absolute atomic E-state index is 13.2. The average Bonchev–Trinajstić information content (AvgIpc) is 2.35. The highest BCUT2D eigenvalue weighted by molar-refractivity contribution is 7.92. The molecule has 106 valence electrons. The van der Waals surface area contributed by atoms with Gasteiger partial charge in [0.1, 0.15) is 10.7 Å². The predicted molar refractivity (Wildman–Crippen MR) is 77.8 cm³/mol. The summed E-state index contributed by atoms with van der Waals surface area (Å²) in [5.41, 5.74) is 6.57. The van der Waals surface area contributed by atoms with Gasteiger partial charge < -0.3 is 5.73 Å². The summed E-state index contributed by atoms with van der Waals surface area (Å²) in [6.07, 6.45) is 0. The molecule has 0 bridgehead atoms. The summed E-state index contributed by atoms with van der Waals surface area (Å²) in [6, 6.07) is 7.89. The summed E-state index contributed by atoms with van der Waals surface area (Å²) in [4.78, 5) is -0.299. The minimum atomic E-state index is -3.96. The molecule has 4 nitrogen and oxygen atoms in total. The number of sulfonamides is 1. The number of nitrogens with two attached hydrogens (primary N) is 1. The third-order valence-electron chi connectivity index (χ3n) is 2.70. The fraction of sp³-hybridized carbons (Fsp3) is 0.0769. The number of nitrogen functional groups attached to an aromatic ring is 1. The zero-order valence-corrected chi connectivity index (χ0v) is 12.1. The quantitative estimate of drug-likeness (QED) is 0.855. The van der Waals surface area contributed by atoms with Crippen molar-refractivity contribution in [2.45, 2.75) is 11.8 Å². The van der Waals surface area contributed by atoms with Crippen molar-refractivity contribution < 1.29 is 12.8 Å². The van der Waals surface area contributed by atoms with Crippen molar-refractivity contribution in [2.24, 2.45) is 0 Å². The maximum Gasteiger partial charge on any atom is 0.264 e. The number of benzene rings is 2. The third-order valence-corrected chi connectivity index (χ3v) is 4.35. The minimum absolute atomic E-state index is 0.0227. The van der Waals surface area contributed by atoms with Crippen LogP contribution in [0.25, 0.3) is 0 Å². The molecule has 0 saturated carbocycles. The van der Waals surface area contributed by atoms with E-state index in [1.165, 1.54) is 12.1 Å². The molecule has 20 heavy (non-hydrogen) atoms. The molecule has 2 aromatic rings. The highest BCUT2D eigenvalue weighted by atomic mass is 35.5. The molecule has 0 aromatic heterocycles. The van der Waals surface area contributed by atoms with Crippen molar-refractivity contribution in [3.05, 3.63) is 52.8 Å².